The Kier molecular flexibility index (Phi) is 4.20. The molecule has 1 aromatic heterocycles. The summed E-state index contributed by atoms with van der Waals surface area (Å²) in [5, 5.41) is 11.7. The van der Waals surface area contributed by atoms with Crippen molar-refractivity contribution in [1.82, 2.24) is 4.98 Å². The van der Waals surface area contributed by atoms with Crippen LogP contribution < -0.4 is 10.5 Å². The molecule has 0 fully saturated rings. The second-order valence-electron chi connectivity index (χ2n) is 4.66. The van der Waals surface area contributed by atoms with Crippen molar-refractivity contribution in [2.45, 2.75) is 19.8 Å². The molecule has 0 aliphatic heterocycles. The number of amidine groups is 1. The fourth-order valence-electron chi connectivity index (χ4n) is 1.78. The maximum atomic E-state index is 8.76. The van der Waals surface area contributed by atoms with Crippen LogP contribution in [0.25, 0.3) is 0 Å². The Hall–Kier alpha value is -2.56. The van der Waals surface area contributed by atoms with Gasteiger partial charge in [0.2, 0.25) is 0 Å². The van der Waals surface area contributed by atoms with Crippen LogP contribution in [0.2, 0.25) is 0 Å². The molecule has 5 heteroatoms. The Morgan fingerprint density at radius 2 is 2.10 bits per heavy atom. The second-order valence-corrected chi connectivity index (χ2v) is 4.66. The molecule has 0 amide bonds. The summed E-state index contributed by atoms with van der Waals surface area (Å²) in [7, 11) is 0. The normalized spacial score (nSPS) is 11.7. The Labute approximate surface area is 117 Å². The molecule has 1 heterocycles. The summed E-state index contributed by atoms with van der Waals surface area (Å²) in [5.74, 6) is 1.47. The number of hydrogen-bond acceptors (Lipinski definition) is 4. The lowest BCUT2D eigenvalue weighted by Gasteiger charge is -2.11. The zero-order valence-corrected chi connectivity index (χ0v) is 11.4. The molecule has 1 aromatic carbocycles. The van der Waals surface area contributed by atoms with E-state index >= 15 is 0 Å². The summed E-state index contributed by atoms with van der Waals surface area (Å²) >= 11 is 0. The highest BCUT2D eigenvalue weighted by Crippen LogP contribution is 2.26. The monoisotopic (exact) mass is 271 g/mol. The van der Waals surface area contributed by atoms with Crippen LogP contribution in [0.3, 0.4) is 0 Å². The molecule has 20 heavy (non-hydrogen) atoms. The topological polar surface area (TPSA) is 80.7 Å². The van der Waals surface area contributed by atoms with Gasteiger partial charge in [-0.3, -0.25) is 0 Å². The predicted molar refractivity (Wildman–Crippen MR) is 77.4 cm³/mol. The standard InChI is InChI=1S/C15H17N3O2/c1-10(2)11-5-3-6-12(9-11)20-13-7-4-8-17-14(13)15(16)18-19/h3-10,19H,1-2H3,(H2,16,18). The first-order valence-corrected chi connectivity index (χ1v) is 6.32. The number of pyridine rings is 1. The molecule has 3 N–H and O–H groups in total. The fourth-order valence-corrected chi connectivity index (χ4v) is 1.78. The number of oxime groups is 1. The maximum absolute atomic E-state index is 8.76. The predicted octanol–water partition coefficient (Wildman–Crippen LogP) is 3.09. The Bertz CT molecular complexity index is 624. The molecule has 0 radical (unpaired) electrons. The summed E-state index contributed by atoms with van der Waals surface area (Å²) in [6.07, 6.45) is 1.56. The maximum Gasteiger partial charge on any atom is 0.192 e. The van der Waals surface area contributed by atoms with Crippen LogP contribution in [0.15, 0.2) is 47.8 Å². The lowest BCUT2D eigenvalue weighted by atomic mass is 10.0. The average Bonchev–Trinajstić information content (AvgIpc) is 2.47. The van der Waals surface area contributed by atoms with E-state index in [2.05, 4.69) is 24.0 Å². The van der Waals surface area contributed by atoms with Crippen LogP contribution in [0, 0.1) is 0 Å². The van der Waals surface area contributed by atoms with Crippen molar-refractivity contribution in [3.63, 3.8) is 0 Å². The van der Waals surface area contributed by atoms with E-state index in [0.29, 0.717) is 23.1 Å². The largest absolute Gasteiger partial charge is 0.455 e. The van der Waals surface area contributed by atoms with E-state index in [9.17, 15) is 0 Å². The zero-order valence-electron chi connectivity index (χ0n) is 11.4. The Morgan fingerprint density at radius 3 is 2.80 bits per heavy atom. The first-order valence-electron chi connectivity index (χ1n) is 6.32. The number of nitrogens with zero attached hydrogens (tertiary/aromatic N) is 2. The molecule has 0 saturated heterocycles. The van der Waals surface area contributed by atoms with Crippen molar-refractivity contribution >= 4 is 5.84 Å². The van der Waals surface area contributed by atoms with Crippen molar-refractivity contribution in [2.24, 2.45) is 10.9 Å². The molecule has 2 rings (SSSR count). The molecule has 0 atom stereocenters. The van der Waals surface area contributed by atoms with E-state index in [4.69, 9.17) is 15.7 Å². The number of benzene rings is 1. The van der Waals surface area contributed by atoms with Crippen molar-refractivity contribution in [3.8, 4) is 11.5 Å². The Morgan fingerprint density at radius 1 is 1.30 bits per heavy atom. The quantitative estimate of drug-likeness (QED) is 0.387. The van der Waals surface area contributed by atoms with E-state index in [-0.39, 0.29) is 5.84 Å². The van der Waals surface area contributed by atoms with Gasteiger partial charge in [-0.05, 0) is 35.7 Å². The number of aromatic nitrogens is 1. The van der Waals surface area contributed by atoms with Crippen LogP contribution in [0.5, 0.6) is 11.5 Å². The summed E-state index contributed by atoms with van der Waals surface area (Å²) in [4.78, 5) is 4.06. The molecule has 0 unspecified atom stereocenters. The number of nitrogens with two attached hydrogens (primary N) is 1. The first kappa shape index (κ1) is 13.9. The minimum atomic E-state index is -0.0828. The van der Waals surface area contributed by atoms with Gasteiger partial charge >= 0.3 is 0 Å². The third-order valence-electron chi connectivity index (χ3n) is 2.87. The molecule has 0 aliphatic carbocycles. The van der Waals surface area contributed by atoms with E-state index in [1.54, 1.807) is 18.3 Å². The molecular weight excluding hydrogens is 254 g/mol. The molecule has 2 aromatic rings. The highest BCUT2D eigenvalue weighted by atomic mass is 16.5. The molecule has 104 valence electrons. The van der Waals surface area contributed by atoms with Crippen LogP contribution in [-0.4, -0.2) is 16.0 Å². The molecule has 0 spiro atoms. The molecule has 0 saturated carbocycles. The Balaban J connectivity index is 2.33. The summed E-state index contributed by atoms with van der Waals surface area (Å²) in [6, 6.07) is 11.3. The van der Waals surface area contributed by atoms with E-state index in [0.717, 1.165) is 0 Å². The molecule has 5 nitrogen and oxygen atoms in total. The van der Waals surface area contributed by atoms with Gasteiger partial charge in [-0.2, -0.15) is 0 Å². The smallest absolute Gasteiger partial charge is 0.192 e. The summed E-state index contributed by atoms with van der Waals surface area (Å²) < 4.78 is 5.79. The summed E-state index contributed by atoms with van der Waals surface area (Å²) in [6.45, 7) is 4.23. The minimum absolute atomic E-state index is 0.0828. The van der Waals surface area contributed by atoms with Crippen LogP contribution >= 0.6 is 0 Å². The fraction of sp³-hybridized carbons (Fsp3) is 0.200. The van der Waals surface area contributed by atoms with E-state index < -0.39 is 0 Å². The average molecular weight is 271 g/mol. The lowest BCUT2D eigenvalue weighted by Crippen LogP contribution is -2.15. The van der Waals surface area contributed by atoms with Gasteiger partial charge in [-0.15, -0.1) is 0 Å². The van der Waals surface area contributed by atoms with Gasteiger partial charge in [-0.1, -0.05) is 31.1 Å². The van der Waals surface area contributed by atoms with Crippen LogP contribution in [0.4, 0.5) is 0 Å². The van der Waals surface area contributed by atoms with E-state index in [1.165, 1.54) is 5.56 Å². The zero-order chi connectivity index (χ0) is 14.5. The van der Waals surface area contributed by atoms with Crippen molar-refractivity contribution in [1.29, 1.82) is 0 Å². The third kappa shape index (κ3) is 3.06. The SMILES string of the molecule is CC(C)c1cccc(Oc2cccnc2/C(N)=N/O)c1. The van der Waals surface area contributed by atoms with Gasteiger partial charge in [0.15, 0.2) is 17.3 Å². The van der Waals surface area contributed by atoms with Gasteiger partial charge in [0.25, 0.3) is 0 Å². The van der Waals surface area contributed by atoms with Crippen molar-refractivity contribution in [3.05, 3.63) is 53.9 Å². The summed E-state index contributed by atoms with van der Waals surface area (Å²) in [5.41, 5.74) is 7.07. The first-order chi connectivity index (χ1) is 9.61. The third-order valence-corrected chi connectivity index (χ3v) is 2.87. The van der Waals surface area contributed by atoms with Gasteiger partial charge in [0.05, 0.1) is 0 Å². The van der Waals surface area contributed by atoms with Crippen LogP contribution in [-0.2, 0) is 0 Å². The number of rotatable bonds is 4. The minimum Gasteiger partial charge on any atom is -0.455 e. The second kappa shape index (κ2) is 6.06. The van der Waals surface area contributed by atoms with Crippen molar-refractivity contribution in [2.75, 3.05) is 0 Å². The molecule has 0 bridgehead atoms. The van der Waals surface area contributed by atoms with Gasteiger partial charge in [-0.25, -0.2) is 4.98 Å². The van der Waals surface area contributed by atoms with Crippen LogP contribution in [0.1, 0.15) is 31.0 Å². The van der Waals surface area contributed by atoms with Gasteiger partial charge in [0, 0.05) is 6.20 Å². The number of hydrogen-bond donors (Lipinski definition) is 2. The number of ether oxygens (including phenoxy) is 1. The highest BCUT2D eigenvalue weighted by Gasteiger charge is 2.11. The molecular formula is C15H17N3O2. The highest BCUT2D eigenvalue weighted by molar-refractivity contribution is 5.97. The van der Waals surface area contributed by atoms with Crippen molar-refractivity contribution < 1.29 is 9.94 Å². The lowest BCUT2D eigenvalue weighted by molar-refractivity contribution is 0.318. The van der Waals surface area contributed by atoms with E-state index in [1.807, 2.05) is 24.3 Å². The van der Waals surface area contributed by atoms with Gasteiger partial charge in [0.1, 0.15) is 5.75 Å². The molecule has 0 aliphatic rings. The van der Waals surface area contributed by atoms with Gasteiger partial charge < -0.3 is 15.7 Å².